The summed E-state index contributed by atoms with van der Waals surface area (Å²) in [6, 6.07) is 0.787. The molecule has 1 N–H and O–H groups in total. The van der Waals surface area contributed by atoms with Gasteiger partial charge < -0.3 is 14.9 Å². The van der Waals surface area contributed by atoms with E-state index in [9.17, 15) is 0 Å². The number of hydrogen-bond acceptors (Lipinski definition) is 3. The van der Waals surface area contributed by atoms with Crippen molar-refractivity contribution in [2.24, 2.45) is 0 Å². The molecule has 1 rings (SSSR count). The van der Waals surface area contributed by atoms with Crippen LogP contribution in [0.2, 0.25) is 0 Å². The molecule has 1 aliphatic rings. The third kappa shape index (κ3) is 4.96. The molecular weight excluding hydrogens is 188 g/mol. The van der Waals surface area contributed by atoms with Crippen molar-refractivity contribution < 1.29 is 5.11 Å². The number of piperidine rings is 1. The molecule has 1 fully saturated rings. The van der Waals surface area contributed by atoms with Crippen molar-refractivity contribution in [2.75, 3.05) is 40.3 Å². The minimum absolute atomic E-state index is 0.313. The van der Waals surface area contributed by atoms with Crippen LogP contribution in [-0.2, 0) is 0 Å². The van der Waals surface area contributed by atoms with Gasteiger partial charge in [-0.15, -0.1) is 0 Å². The van der Waals surface area contributed by atoms with Gasteiger partial charge in [-0.25, -0.2) is 0 Å². The maximum absolute atomic E-state index is 8.74. The van der Waals surface area contributed by atoms with E-state index in [-0.39, 0.29) is 0 Å². The van der Waals surface area contributed by atoms with Crippen molar-refractivity contribution in [3.8, 4) is 0 Å². The average molecular weight is 214 g/mol. The first-order chi connectivity index (χ1) is 7.24. The Balaban J connectivity index is 2.11. The molecule has 1 heterocycles. The summed E-state index contributed by atoms with van der Waals surface area (Å²) in [4.78, 5) is 4.84. The van der Waals surface area contributed by atoms with Crippen LogP contribution in [0.4, 0.5) is 0 Å². The molecule has 0 bridgehead atoms. The van der Waals surface area contributed by atoms with Crippen LogP contribution in [0.25, 0.3) is 0 Å². The summed E-state index contributed by atoms with van der Waals surface area (Å²) in [7, 11) is 4.40. The van der Waals surface area contributed by atoms with Gasteiger partial charge in [0.1, 0.15) is 0 Å². The van der Waals surface area contributed by atoms with Gasteiger partial charge in [0.2, 0.25) is 0 Å². The van der Waals surface area contributed by atoms with Crippen LogP contribution in [0.5, 0.6) is 0 Å². The molecule has 1 atom stereocenters. The fourth-order valence-corrected chi connectivity index (χ4v) is 2.33. The summed E-state index contributed by atoms with van der Waals surface area (Å²) >= 11 is 0. The fraction of sp³-hybridized carbons (Fsp3) is 1.00. The molecule has 15 heavy (non-hydrogen) atoms. The van der Waals surface area contributed by atoms with Gasteiger partial charge in [-0.1, -0.05) is 6.42 Å². The Bertz CT molecular complexity index is 164. The Morgan fingerprint density at radius 1 is 1.33 bits per heavy atom. The van der Waals surface area contributed by atoms with Crippen LogP contribution in [-0.4, -0.2) is 61.3 Å². The Morgan fingerprint density at radius 2 is 2.13 bits per heavy atom. The lowest BCUT2D eigenvalue weighted by Crippen LogP contribution is -2.38. The van der Waals surface area contributed by atoms with Crippen molar-refractivity contribution in [1.82, 2.24) is 9.80 Å². The molecule has 0 amide bonds. The monoisotopic (exact) mass is 214 g/mol. The molecule has 0 aliphatic carbocycles. The lowest BCUT2D eigenvalue weighted by molar-refractivity contribution is 0.157. The Hall–Kier alpha value is -0.120. The molecule has 3 nitrogen and oxygen atoms in total. The second-order valence-electron chi connectivity index (χ2n) is 4.80. The van der Waals surface area contributed by atoms with E-state index >= 15 is 0 Å². The van der Waals surface area contributed by atoms with Crippen LogP contribution >= 0.6 is 0 Å². The third-order valence-electron chi connectivity index (χ3n) is 3.46. The molecular formula is C12H26N2O. The minimum Gasteiger partial charge on any atom is -0.396 e. The molecule has 0 saturated carbocycles. The molecule has 0 aromatic heterocycles. The lowest BCUT2D eigenvalue weighted by atomic mass is 10.00. The number of aliphatic hydroxyl groups is 1. The summed E-state index contributed by atoms with van der Waals surface area (Å²) < 4.78 is 0. The molecule has 1 aliphatic heterocycles. The van der Waals surface area contributed by atoms with E-state index in [0.29, 0.717) is 6.61 Å². The van der Waals surface area contributed by atoms with Crippen molar-refractivity contribution in [3.05, 3.63) is 0 Å². The number of likely N-dealkylation sites (tertiary alicyclic amines) is 1. The molecule has 3 heteroatoms. The van der Waals surface area contributed by atoms with E-state index in [4.69, 9.17) is 5.11 Å². The third-order valence-corrected chi connectivity index (χ3v) is 3.46. The average Bonchev–Trinajstić information content (AvgIpc) is 2.25. The highest BCUT2D eigenvalue weighted by Gasteiger charge is 2.18. The van der Waals surface area contributed by atoms with Crippen molar-refractivity contribution in [1.29, 1.82) is 0 Å². The maximum Gasteiger partial charge on any atom is 0.0443 e. The van der Waals surface area contributed by atoms with Gasteiger partial charge in [0.05, 0.1) is 0 Å². The van der Waals surface area contributed by atoms with E-state index in [1.54, 1.807) is 0 Å². The van der Waals surface area contributed by atoms with Gasteiger partial charge in [0, 0.05) is 19.2 Å². The SMILES string of the molecule is CN(CCCO)CCC1CCCCN1C. The van der Waals surface area contributed by atoms with E-state index in [1.165, 1.54) is 32.2 Å². The van der Waals surface area contributed by atoms with Crippen LogP contribution in [0, 0.1) is 0 Å². The summed E-state index contributed by atoms with van der Waals surface area (Å²) in [6.45, 7) is 3.76. The smallest absolute Gasteiger partial charge is 0.0443 e. The zero-order valence-electron chi connectivity index (χ0n) is 10.3. The Kier molecular flexibility index (Phi) is 6.22. The summed E-state index contributed by atoms with van der Waals surface area (Å²) in [6.07, 6.45) is 6.31. The largest absolute Gasteiger partial charge is 0.396 e. The van der Waals surface area contributed by atoms with E-state index in [2.05, 4.69) is 23.9 Å². The molecule has 0 radical (unpaired) electrons. The van der Waals surface area contributed by atoms with Crippen molar-refractivity contribution in [3.63, 3.8) is 0 Å². The van der Waals surface area contributed by atoms with Crippen molar-refractivity contribution in [2.45, 2.75) is 38.1 Å². The predicted molar refractivity (Wildman–Crippen MR) is 64.1 cm³/mol. The molecule has 0 spiro atoms. The van der Waals surface area contributed by atoms with E-state index < -0.39 is 0 Å². The molecule has 0 aromatic rings. The normalized spacial score (nSPS) is 23.6. The van der Waals surface area contributed by atoms with Gasteiger partial charge >= 0.3 is 0 Å². The van der Waals surface area contributed by atoms with E-state index in [0.717, 1.165) is 25.6 Å². The lowest BCUT2D eigenvalue weighted by Gasteiger charge is -2.33. The Labute approximate surface area is 94.1 Å². The molecule has 1 saturated heterocycles. The topological polar surface area (TPSA) is 26.7 Å². The predicted octanol–water partition coefficient (Wildman–Crippen LogP) is 1.18. The van der Waals surface area contributed by atoms with Crippen LogP contribution in [0.3, 0.4) is 0 Å². The highest BCUT2D eigenvalue weighted by atomic mass is 16.3. The number of nitrogens with zero attached hydrogens (tertiary/aromatic N) is 2. The summed E-state index contributed by atoms with van der Waals surface area (Å²) in [5, 5.41) is 8.74. The molecule has 90 valence electrons. The zero-order valence-corrected chi connectivity index (χ0v) is 10.3. The van der Waals surface area contributed by atoms with Gasteiger partial charge in [-0.05, 0) is 52.9 Å². The van der Waals surface area contributed by atoms with Crippen LogP contribution in [0.1, 0.15) is 32.1 Å². The van der Waals surface area contributed by atoms with Gasteiger partial charge in [-0.3, -0.25) is 0 Å². The first kappa shape index (κ1) is 12.9. The first-order valence-corrected chi connectivity index (χ1v) is 6.23. The standard InChI is InChI=1S/C12H26N2O/c1-13(8-5-11-15)10-7-12-6-3-4-9-14(12)2/h12,15H,3-11H2,1-2H3. The van der Waals surface area contributed by atoms with Gasteiger partial charge in [-0.2, -0.15) is 0 Å². The minimum atomic E-state index is 0.313. The zero-order chi connectivity index (χ0) is 11.1. The van der Waals surface area contributed by atoms with Gasteiger partial charge in [0.15, 0.2) is 0 Å². The van der Waals surface area contributed by atoms with Crippen LogP contribution < -0.4 is 0 Å². The van der Waals surface area contributed by atoms with Crippen molar-refractivity contribution >= 4 is 0 Å². The van der Waals surface area contributed by atoms with E-state index in [1.807, 2.05) is 0 Å². The summed E-state index contributed by atoms with van der Waals surface area (Å²) in [5.74, 6) is 0. The maximum atomic E-state index is 8.74. The quantitative estimate of drug-likeness (QED) is 0.719. The second kappa shape index (κ2) is 7.20. The fourth-order valence-electron chi connectivity index (χ4n) is 2.33. The van der Waals surface area contributed by atoms with Gasteiger partial charge in [0.25, 0.3) is 0 Å². The Morgan fingerprint density at radius 3 is 2.80 bits per heavy atom. The highest BCUT2D eigenvalue weighted by molar-refractivity contribution is 4.75. The first-order valence-electron chi connectivity index (χ1n) is 6.23. The van der Waals surface area contributed by atoms with Crippen LogP contribution in [0.15, 0.2) is 0 Å². The summed E-state index contributed by atoms with van der Waals surface area (Å²) in [5.41, 5.74) is 0. The second-order valence-corrected chi connectivity index (χ2v) is 4.80. The molecule has 1 unspecified atom stereocenters. The number of aliphatic hydroxyl groups excluding tert-OH is 1. The number of hydrogen-bond donors (Lipinski definition) is 1. The molecule has 0 aromatic carbocycles. The highest BCUT2D eigenvalue weighted by Crippen LogP contribution is 2.17. The number of rotatable bonds is 6.